The van der Waals surface area contributed by atoms with Gasteiger partial charge >= 0.3 is 12.0 Å². The highest BCUT2D eigenvalue weighted by molar-refractivity contribution is 5.29. The van der Waals surface area contributed by atoms with Crippen LogP contribution < -0.4 is 15.4 Å². The van der Waals surface area contributed by atoms with E-state index in [0.29, 0.717) is 18.6 Å². The molecule has 1 aliphatic heterocycles. The van der Waals surface area contributed by atoms with Crippen LogP contribution in [0.4, 0.5) is 12.0 Å². The molecular weight excluding hydrogens is 342 g/mol. The first-order valence-corrected chi connectivity index (χ1v) is 9.97. The topological polar surface area (TPSA) is 75.5 Å². The van der Waals surface area contributed by atoms with Gasteiger partial charge in [-0.15, -0.1) is 0 Å². The highest BCUT2D eigenvalue weighted by atomic mass is 16.5. The summed E-state index contributed by atoms with van der Waals surface area (Å²) in [6.45, 7) is 8.85. The molecule has 27 heavy (non-hydrogen) atoms. The number of hydrogen-bond acceptors (Lipinski definition) is 7. The maximum absolute atomic E-state index is 5.89. The van der Waals surface area contributed by atoms with E-state index in [0.717, 1.165) is 25.3 Å². The lowest BCUT2D eigenvalue weighted by Crippen LogP contribution is -2.29. The molecule has 1 aromatic carbocycles. The van der Waals surface area contributed by atoms with Crippen molar-refractivity contribution in [2.24, 2.45) is 0 Å². The Kier molecular flexibility index (Phi) is 7.33. The molecule has 2 aromatic rings. The third kappa shape index (κ3) is 6.75. The van der Waals surface area contributed by atoms with Gasteiger partial charge in [0.1, 0.15) is 5.75 Å². The number of nitrogens with zero attached hydrogens (tertiary/aromatic N) is 3. The number of anilines is 2. The van der Waals surface area contributed by atoms with Crippen molar-refractivity contribution in [2.75, 3.05) is 36.9 Å². The van der Waals surface area contributed by atoms with Crippen molar-refractivity contribution >= 4 is 12.0 Å². The smallest absolute Gasteiger partial charge is 0.317 e. The molecule has 0 spiro atoms. The van der Waals surface area contributed by atoms with E-state index in [1.807, 2.05) is 19.9 Å². The maximum atomic E-state index is 5.89. The van der Waals surface area contributed by atoms with Gasteiger partial charge in [0.05, 0.1) is 6.61 Å². The van der Waals surface area contributed by atoms with Gasteiger partial charge in [-0.25, -0.2) is 0 Å². The Labute approximate surface area is 161 Å². The molecule has 1 aliphatic rings. The maximum Gasteiger partial charge on any atom is 0.317 e. The van der Waals surface area contributed by atoms with E-state index in [2.05, 4.69) is 43.9 Å². The van der Waals surface area contributed by atoms with Crippen molar-refractivity contribution in [2.45, 2.75) is 52.1 Å². The van der Waals surface area contributed by atoms with Crippen LogP contribution in [0.15, 0.2) is 28.7 Å². The molecule has 1 fully saturated rings. The second kappa shape index (κ2) is 10.2. The van der Waals surface area contributed by atoms with E-state index in [1.165, 1.54) is 37.9 Å². The van der Waals surface area contributed by atoms with Gasteiger partial charge in [-0.2, -0.15) is 0 Å². The normalized spacial score (nSPS) is 15.1. The van der Waals surface area contributed by atoms with Gasteiger partial charge in [0, 0.05) is 19.1 Å². The van der Waals surface area contributed by atoms with Crippen LogP contribution in [0, 0.1) is 0 Å². The summed E-state index contributed by atoms with van der Waals surface area (Å²) >= 11 is 0. The molecule has 0 unspecified atom stereocenters. The predicted molar refractivity (Wildman–Crippen MR) is 107 cm³/mol. The second-order valence-corrected chi connectivity index (χ2v) is 7.32. The number of benzene rings is 1. The fourth-order valence-electron chi connectivity index (χ4n) is 3.17. The third-order valence-electron chi connectivity index (χ3n) is 4.46. The molecule has 0 atom stereocenters. The standard InChI is InChI=1S/C20H31N5O2/c1-16(2)22-20-24-23-19(27-20)21-10-7-13-26-18-9-6-8-17(14-18)15-25-11-4-3-5-12-25/h6,8-9,14,16H,3-5,7,10-13,15H2,1-2H3,(H,21,23)(H,22,24). The summed E-state index contributed by atoms with van der Waals surface area (Å²) in [5, 5.41) is 14.1. The molecule has 0 bridgehead atoms. The van der Waals surface area contributed by atoms with Crippen molar-refractivity contribution in [1.29, 1.82) is 0 Å². The summed E-state index contributed by atoms with van der Waals surface area (Å²) in [6, 6.07) is 9.57. The van der Waals surface area contributed by atoms with E-state index < -0.39 is 0 Å². The van der Waals surface area contributed by atoms with Crippen molar-refractivity contribution < 1.29 is 9.15 Å². The van der Waals surface area contributed by atoms with Crippen molar-refractivity contribution in [3.05, 3.63) is 29.8 Å². The molecule has 7 heteroatoms. The fourth-order valence-corrected chi connectivity index (χ4v) is 3.17. The minimum absolute atomic E-state index is 0.261. The molecule has 2 heterocycles. The first-order chi connectivity index (χ1) is 13.2. The Balaban J connectivity index is 1.35. The van der Waals surface area contributed by atoms with Gasteiger partial charge in [0.15, 0.2) is 0 Å². The van der Waals surface area contributed by atoms with Gasteiger partial charge in [-0.3, -0.25) is 4.90 Å². The highest BCUT2D eigenvalue weighted by Gasteiger charge is 2.10. The Bertz CT molecular complexity index is 683. The lowest BCUT2D eigenvalue weighted by Gasteiger charge is -2.26. The van der Waals surface area contributed by atoms with Crippen molar-refractivity contribution in [3.63, 3.8) is 0 Å². The SMILES string of the molecule is CC(C)Nc1nnc(NCCCOc2cccc(CN3CCCCC3)c2)o1. The summed E-state index contributed by atoms with van der Waals surface area (Å²) in [7, 11) is 0. The van der Waals surface area contributed by atoms with Crippen LogP contribution in [0.1, 0.15) is 45.1 Å². The van der Waals surface area contributed by atoms with Gasteiger partial charge in [-0.05, 0) is 63.9 Å². The minimum Gasteiger partial charge on any atom is -0.494 e. The van der Waals surface area contributed by atoms with Crippen LogP contribution in [0.5, 0.6) is 5.75 Å². The number of rotatable bonds is 10. The van der Waals surface area contributed by atoms with E-state index in [4.69, 9.17) is 9.15 Å². The summed E-state index contributed by atoms with van der Waals surface area (Å²) in [6.07, 6.45) is 4.86. The first-order valence-electron chi connectivity index (χ1n) is 9.97. The number of nitrogens with one attached hydrogen (secondary N) is 2. The molecule has 2 N–H and O–H groups in total. The Morgan fingerprint density at radius 3 is 2.78 bits per heavy atom. The van der Waals surface area contributed by atoms with E-state index in [-0.39, 0.29) is 6.04 Å². The third-order valence-corrected chi connectivity index (χ3v) is 4.46. The summed E-state index contributed by atoms with van der Waals surface area (Å²) in [5.41, 5.74) is 1.32. The monoisotopic (exact) mass is 373 g/mol. The molecule has 7 nitrogen and oxygen atoms in total. The molecule has 0 aliphatic carbocycles. The molecule has 0 radical (unpaired) electrons. The van der Waals surface area contributed by atoms with Crippen LogP contribution in [0.25, 0.3) is 0 Å². The molecule has 0 saturated carbocycles. The molecule has 148 valence electrons. The summed E-state index contributed by atoms with van der Waals surface area (Å²) in [4.78, 5) is 2.53. The number of hydrogen-bond donors (Lipinski definition) is 2. The molecule has 1 aromatic heterocycles. The Hall–Kier alpha value is -2.28. The number of ether oxygens (including phenoxy) is 1. The molecule has 3 rings (SSSR count). The van der Waals surface area contributed by atoms with E-state index in [1.54, 1.807) is 0 Å². The number of piperidine rings is 1. The van der Waals surface area contributed by atoms with Crippen LogP contribution in [0.2, 0.25) is 0 Å². The highest BCUT2D eigenvalue weighted by Crippen LogP contribution is 2.18. The van der Waals surface area contributed by atoms with Gasteiger partial charge in [0.2, 0.25) is 0 Å². The average Bonchev–Trinajstić information content (AvgIpc) is 3.09. The molecular formula is C20H31N5O2. The Morgan fingerprint density at radius 2 is 1.96 bits per heavy atom. The van der Waals surface area contributed by atoms with Crippen molar-refractivity contribution in [3.8, 4) is 5.75 Å². The summed E-state index contributed by atoms with van der Waals surface area (Å²) in [5.74, 6) is 0.936. The average molecular weight is 374 g/mol. The zero-order valence-corrected chi connectivity index (χ0v) is 16.4. The van der Waals surface area contributed by atoms with E-state index >= 15 is 0 Å². The van der Waals surface area contributed by atoms with Crippen molar-refractivity contribution in [1.82, 2.24) is 15.1 Å². The van der Waals surface area contributed by atoms with Crippen LogP contribution in [-0.2, 0) is 6.54 Å². The summed E-state index contributed by atoms with van der Waals surface area (Å²) < 4.78 is 11.4. The second-order valence-electron chi connectivity index (χ2n) is 7.32. The van der Waals surface area contributed by atoms with Crippen LogP contribution >= 0.6 is 0 Å². The lowest BCUT2D eigenvalue weighted by molar-refractivity contribution is 0.220. The fraction of sp³-hybridized carbons (Fsp3) is 0.600. The van der Waals surface area contributed by atoms with Crippen LogP contribution in [0.3, 0.4) is 0 Å². The van der Waals surface area contributed by atoms with E-state index in [9.17, 15) is 0 Å². The predicted octanol–water partition coefficient (Wildman–Crippen LogP) is 3.76. The zero-order chi connectivity index (χ0) is 18.9. The van der Waals surface area contributed by atoms with Crippen LogP contribution in [-0.4, -0.2) is 47.4 Å². The largest absolute Gasteiger partial charge is 0.494 e. The number of likely N-dealkylation sites (tertiary alicyclic amines) is 1. The first kappa shape index (κ1) is 19.5. The quantitative estimate of drug-likeness (QED) is 0.614. The zero-order valence-electron chi connectivity index (χ0n) is 16.4. The molecule has 0 amide bonds. The lowest BCUT2D eigenvalue weighted by atomic mass is 10.1. The minimum atomic E-state index is 0.261. The number of aromatic nitrogens is 2. The van der Waals surface area contributed by atoms with Gasteiger partial charge in [-0.1, -0.05) is 28.8 Å². The van der Waals surface area contributed by atoms with Gasteiger partial charge < -0.3 is 19.8 Å². The molecule has 1 saturated heterocycles. The van der Waals surface area contributed by atoms with Gasteiger partial charge in [0.25, 0.3) is 0 Å². The Morgan fingerprint density at radius 1 is 1.15 bits per heavy atom.